The molecule has 0 spiro atoms. The minimum absolute atomic E-state index is 0.217. The lowest BCUT2D eigenvalue weighted by Gasteiger charge is -2.51. The van der Waals surface area contributed by atoms with Crippen LogP contribution < -0.4 is 15.0 Å². The van der Waals surface area contributed by atoms with Crippen molar-refractivity contribution < 1.29 is 19.1 Å². The second-order valence-corrected chi connectivity index (χ2v) is 11.2. The van der Waals surface area contributed by atoms with Crippen LogP contribution in [0.3, 0.4) is 0 Å². The molecule has 4 aliphatic rings. The SMILES string of the molecule is COc1ccc(Cl)cc1NC(=O)c1cccc(N2C(=O)[C@@H]3C4c5ccccc5C(c5ccccc54)[C@]3(C)C2=O)c1. The largest absolute Gasteiger partial charge is 0.495 e. The maximum absolute atomic E-state index is 14.3. The zero-order valence-corrected chi connectivity index (χ0v) is 22.6. The molecule has 1 saturated heterocycles. The summed E-state index contributed by atoms with van der Waals surface area (Å²) in [5.74, 6) is -1.42. The normalized spacial score (nSPS) is 23.9. The third-order valence-corrected chi connectivity index (χ3v) is 9.02. The number of amides is 3. The Balaban J connectivity index is 1.28. The molecule has 198 valence electrons. The molecule has 1 N–H and O–H groups in total. The van der Waals surface area contributed by atoms with Gasteiger partial charge in [0.1, 0.15) is 5.75 Å². The summed E-state index contributed by atoms with van der Waals surface area (Å²) in [6.07, 6.45) is 0. The molecule has 6 nitrogen and oxygen atoms in total. The summed E-state index contributed by atoms with van der Waals surface area (Å²) in [7, 11) is 1.51. The van der Waals surface area contributed by atoms with Crippen LogP contribution in [-0.2, 0) is 9.59 Å². The van der Waals surface area contributed by atoms with Crippen LogP contribution in [0.25, 0.3) is 0 Å². The monoisotopic (exact) mass is 548 g/mol. The van der Waals surface area contributed by atoms with Crippen LogP contribution in [0.15, 0.2) is 91.0 Å². The van der Waals surface area contributed by atoms with Gasteiger partial charge in [-0.3, -0.25) is 14.4 Å². The molecular formula is C33H25ClN2O4. The molecule has 0 saturated carbocycles. The molecule has 1 fully saturated rings. The van der Waals surface area contributed by atoms with Gasteiger partial charge in [0, 0.05) is 22.4 Å². The van der Waals surface area contributed by atoms with Gasteiger partial charge in [0.25, 0.3) is 5.91 Å². The van der Waals surface area contributed by atoms with Crippen LogP contribution in [0.2, 0.25) is 5.02 Å². The fourth-order valence-corrected chi connectivity index (χ4v) is 7.29. The first-order valence-electron chi connectivity index (χ1n) is 13.2. The Morgan fingerprint density at radius 2 is 1.52 bits per heavy atom. The van der Waals surface area contributed by atoms with E-state index >= 15 is 0 Å². The van der Waals surface area contributed by atoms with E-state index in [-0.39, 0.29) is 23.7 Å². The molecule has 3 aliphatic carbocycles. The zero-order valence-electron chi connectivity index (χ0n) is 21.9. The van der Waals surface area contributed by atoms with Crippen LogP contribution in [-0.4, -0.2) is 24.8 Å². The number of nitrogens with one attached hydrogen (secondary N) is 1. The van der Waals surface area contributed by atoms with Crippen LogP contribution in [0, 0.1) is 11.3 Å². The van der Waals surface area contributed by atoms with E-state index in [9.17, 15) is 14.4 Å². The average molecular weight is 549 g/mol. The van der Waals surface area contributed by atoms with Gasteiger partial charge in [-0.2, -0.15) is 0 Å². The quantitative estimate of drug-likeness (QED) is 0.300. The first kappa shape index (κ1) is 24.6. The van der Waals surface area contributed by atoms with Gasteiger partial charge in [-0.15, -0.1) is 0 Å². The average Bonchev–Trinajstić information content (AvgIpc) is 3.18. The molecule has 1 heterocycles. The van der Waals surface area contributed by atoms with Gasteiger partial charge in [0.05, 0.1) is 29.8 Å². The van der Waals surface area contributed by atoms with E-state index in [1.165, 1.54) is 12.0 Å². The summed E-state index contributed by atoms with van der Waals surface area (Å²) in [4.78, 5) is 43.1. The maximum atomic E-state index is 14.3. The number of carbonyl (C=O) groups excluding carboxylic acids is 3. The Morgan fingerprint density at radius 1 is 0.875 bits per heavy atom. The molecule has 3 amide bonds. The third-order valence-electron chi connectivity index (χ3n) is 8.79. The maximum Gasteiger partial charge on any atom is 0.255 e. The molecule has 40 heavy (non-hydrogen) atoms. The van der Waals surface area contributed by atoms with Crippen LogP contribution in [0.1, 0.15) is 51.4 Å². The van der Waals surface area contributed by atoms with Crippen molar-refractivity contribution in [2.24, 2.45) is 11.3 Å². The summed E-state index contributed by atoms with van der Waals surface area (Å²) in [6, 6.07) is 27.9. The fraction of sp³-hybridized carbons (Fsp3) is 0.182. The minimum Gasteiger partial charge on any atom is -0.495 e. The highest BCUT2D eigenvalue weighted by molar-refractivity contribution is 6.31. The predicted octanol–water partition coefficient (Wildman–Crippen LogP) is 6.39. The molecule has 2 atom stereocenters. The summed E-state index contributed by atoms with van der Waals surface area (Å²) >= 11 is 6.13. The molecular weight excluding hydrogens is 524 g/mol. The van der Waals surface area contributed by atoms with E-state index in [0.717, 1.165) is 22.3 Å². The Hall–Kier alpha value is -4.42. The number of anilines is 2. The van der Waals surface area contributed by atoms with Crippen molar-refractivity contribution in [1.82, 2.24) is 0 Å². The Kier molecular flexibility index (Phi) is 5.41. The molecule has 8 rings (SSSR count). The highest BCUT2D eigenvalue weighted by Crippen LogP contribution is 2.67. The number of ether oxygens (including phenoxy) is 1. The third kappa shape index (κ3) is 3.26. The fourth-order valence-electron chi connectivity index (χ4n) is 7.12. The zero-order chi connectivity index (χ0) is 27.8. The second kappa shape index (κ2) is 8.80. The molecule has 0 radical (unpaired) electrons. The Bertz CT molecular complexity index is 1700. The van der Waals surface area contributed by atoms with Gasteiger partial charge in [-0.1, -0.05) is 66.2 Å². The van der Waals surface area contributed by atoms with Gasteiger partial charge in [-0.05, 0) is 65.6 Å². The highest BCUT2D eigenvalue weighted by Gasteiger charge is 2.68. The van der Waals surface area contributed by atoms with Gasteiger partial charge < -0.3 is 10.1 Å². The van der Waals surface area contributed by atoms with Crippen molar-refractivity contribution in [2.45, 2.75) is 18.8 Å². The first-order chi connectivity index (χ1) is 19.3. The number of hydrogen-bond donors (Lipinski definition) is 1. The van der Waals surface area contributed by atoms with Crippen molar-refractivity contribution in [1.29, 1.82) is 0 Å². The standard InChI is InChI=1S/C33H25ClN2O4/c1-33-28-23-12-5-3-10-21(23)27(22-11-4-6-13-24(22)28)29(33)31(38)36(32(33)39)20-9-7-8-18(16-20)30(37)35-25-17-19(34)14-15-26(25)40-2/h3-17,27-29H,1-2H3,(H,35,37)/t27?,28?,29-,33-/m0/s1. The Morgan fingerprint density at radius 3 is 2.17 bits per heavy atom. The molecule has 1 aliphatic heterocycles. The van der Waals surface area contributed by atoms with E-state index in [1.54, 1.807) is 42.5 Å². The number of benzene rings is 4. The molecule has 7 heteroatoms. The lowest BCUT2D eigenvalue weighted by molar-refractivity contribution is -0.128. The number of imide groups is 1. The van der Waals surface area contributed by atoms with Gasteiger partial charge >= 0.3 is 0 Å². The lowest BCUT2D eigenvalue weighted by atomic mass is 9.48. The van der Waals surface area contributed by atoms with Crippen LogP contribution >= 0.6 is 11.6 Å². The van der Waals surface area contributed by atoms with Crippen molar-refractivity contribution in [3.8, 4) is 5.75 Å². The van der Waals surface area contributed by atoms with E-state index < -0.39 is 17.2 Å². The van der Waals surface area contributed by atoms with Gasteiger partial charge in [-0.25, -0.2) is 4.90 Å². The van der Waals surface area contributed by atoms with E-state index in [0.29, 0.717) is 27.7 Å². The summed E-state index contributed by atoms with van der Waals surface area (Å²) < 4.78 is 5.34. The smallest absolute Gasteiger partial charge is 0.255 e. The molecule has 2 bridgehead atoms. The number of rotatable bonds is 4. The van der Waals surface area contributed by atoms with E-state index in [1.807, 2.05) is 31.2 Å². The number of methoxy groups -OCH3 is 1. The van der Waals surface area contributed by atoms with Crippen molar-refractivity contribution in [3.05, 3.63) is 124 Å². The van der Waals surface area contributed by atoms with Gasteiger partial charge in [0.15, 0.2) is 0 Å². The second-order valence-electron chi connectivity index (χ2n) is 10.8. The van der Waals surface area contributed by atoms with Crippen molar-refractivity contribution >= 4 is 40.7 Å². The number of nitrogens with zero attached hydrogens (tertiary/aromatic N) is 1. The molecule has 0 aromatic heterocycles. The summed E-state index contributed by atoms with van der Waals surface area (Å²) in [5.41, 5.74) is 4.59. The summed E-state index contributed by atoms with van der Waals surface area (Å²) in [5, 5.41) is 3.28. The predicted molar refractivity (Wildman–Crippen MR) is 153 cm³/mol. The van der Waals surface area contributed by atoms with E-state index in [4.69, 9.17) is 16.3 Å². The molecule has 4 aromatic carbocycles. The van der Waals surface area contributed by atoms with Crippen molar-refractivity contribution in [2.75, 3.05) is 17.3 Å². The van der Waals surface area contributed by atoms with Crippen LogP contribution in [0.5, 0.6) is 5.75 Å². The number of halogens is 1. The summed E-state index contributed by atoms with van der Waals surface area (Å²) in [6.45, 7) is 1.93. The first-order valence-corrected chi connectivity index (χ1v) is 13.5. The lowest BCUT2D eigenvalue weighted by Crippen LogP contribution is -2.49. The number of hydrogen-bond acceptors (Lipinski definition) is 4. The highest BCUT2D eigenvalue weighted by atomic mass is 35.5. The minimum atomic E-state index is -0.948. The van der Waals surface area contributed by atoms with Gasteiger partial charge in [0.2, 0.25) is 11.8 Å². The number of carbonyl (C=O) groups is 3. The van der Waals surface area contributed by atoms with Crippen molar-refractivity contribution in [3.63, 3.8) is 0 Å². The van der Waals surface area contributed by atoms with E-state index in [2.05, 4.69) is 29.6 Å². The Labute approximate surface area is 236 Å². The van der Waals surface area contributed by atoms with Crippen LogP contribution in [0.4, 0.5) is 11.4 Å². The topological polar surface area (TPSA) is 75.7 Å². The molecule has 0 unspecified atom stereocenters. The molecule has 4 aromatic rings.